The number of rotatable bonds is 6. The first-order valence-electron chi connectivity index (χ1n) is 5.45. The van der Waals surface area contributed by atoms with Gasteiger partial charge in [0.1, 0.15) is 0 Å². The third-order valence-corrected chi connectivity index (χ3v) is 2.37. The quantitative estimate of drug-likeness (QED) is 0.566. The molecule has 1 heterocycles. The summed E-state index contributed by atoms with van der Waals surface area (Å²) in [4.78, 5) is 4.02. The Morgan fingerprint density at radius 3 is 2.80 bits per heavy atom. The lowest BCUT2D eigenvalue weighted by Crippen LogP contribution is -2.20. The first kappa shape index (κ1) is 11.7. The van der Waals surface area contributed by atoms with Crippen molar-refractivity contribution in [3.05, 3.63) is 30.1 Å². The first-order chi connectivity index (χ1) is 7.38. The third kappa shape index (κ3) is 4.14. The van der Waals surface area contributed by atoms with Crippen LogP contribution < -0.4 is 5.32 Å². The predicted octanol–water partition coefficient (Wildman–Crippen LogP) is 2.54. The third-order valence-electron chi connectivity index (χ3n) is 2.37. The molecule has 0 fully saturated rings. The van der Waals surface area contributed by atoms with Crippen molar-refractivity contribution < 1.29 is 0 Å². The molecule has 1 atom stereocenters. The SMILES string of the molecule is C#CCCCC(NCC)c1ccncc1. The summed E-state index contributed by atoms with van der Waals surface area (Å²) in [6.07, 6.45) is 11.9. The Kier molecular flexibility index (Phi) is 5.50. The van der Waals surface area contributed by atoms with Gasteiger partial charge >= 0.3 is 0 Å². The summed E-state index contributed by atoms with van der Waals surface area (Å²) >= 11 is 0. The van der Waals surface area contributed by atoms with Crippen LogP contribution in [-0.2, 0) is 0 Å². The van der Waals surface area contributed by atoms with E-state index < -0.39 is 0 Å². The number of hydrogen-bond donors (Lipinski definition) is 1. The highest BCUT2D eigenvalue weighted by Crippen LogP contribution is 2.18. The minimum absolute atomic E-state index is 0.409. The average molecular weight is 202 g/mol. The summed E-state index contributed by atoms with van der Waals surface area (Å²) < 4.78 is 0. The summed E-state index contributed by atoms with van der Waals surface area (Å²) in [5.74, 6) is 2.68. The Hall–Kier alpha value is -1.33. The molecule has 0 amide bonds. The van der Waals surface area contributed by atoms with E-state index in [4.69, 9.17) is 6.42 Å². The second-order valence-electron chi connectivity index (χ2n) is 3.49. The minimum Gasteiger partial charge on any atom is -0.310 e. The lowest BCUT2D eigenvalue weighted by atomic mass is 10.0. The summed E-state index contributed by atoms with van der Waals surface area (Å²) in [5.41, 5.74) is 1.30. The van der Waals surface area contributed by atoms with Crippen molar-refractivity contribution in [2.24, 2.45) is 0 Å². The number of nitrogens with zero attached hydrogens (tertiary/aromatic N) is 1. The Bertz CT molecular complexity index is 300. The number of hydrogen-bond acceptors (Lipinski definition) is 2. The Labute approximate surface area is 92.1 Å². The normalized spacial score (nSPS) is 12.0. The molecule has 2 nitrogen and oxygen atoms in total. The van der Waals surface area contributed by atoms with Crippen LogP contribution in [0.15, 0.2) is 24.5 Å². The molecule has 1 aromatic heterocycles. The molecule has 0 saturated heterocycles. The Morgan fingerprint density at radius 2 is 2.20 bits per heavy atom. The van der Waals surface area contributed by atoms with Gasteiger partial charge in [-0.05, 0) is 37.1 Å². The van der Waals surface area contributed by atoms with Crippen molar-refractivity contribution >= 4 is 0 Å². The molecule has 80 valence electrons. The molecular formula is C13H18N2. The zero-order valence-corrected chi connectivity index (χ0v) is 9.24. The second kappa shape index (κ2) is 7.03. The highest BCUT2D eigenvalue weighted by atomic mass is 14.9. The molecule has 1 unspecified atom stereocenters. The lowest BCUT2D eigenvalue weighted by molar-refractivity contribution is 0.501. The highest BCUT2D eigenvalue weighted by Gasteiger charge is 2.08. The average Bonchev–Trinajstić information content (AvgIpc) is 2.29. The van der Waals surface area contributed by atoms with Crippen LogP contribution in [0.25, 0.3) is 0 Å². The van der Waals surface area contributed by atoms with Crippen molar-refractivity contribution in [3.63, 3.8) is 0 Å². The van der Waals surface area contributed by atoms with Gasteiger partial charge in [0, 0.05) is 24.9 Å². The van der Waals surface area contributed by atoms with Crippen molar-refractivity contribution in [2.75, 3.05) is 6.54 Å². The van der Waals surface area contributed by atoms with Gasteiger partial charge in [-0.3, -0.25) is 4.98 Å². The number of nitrogens with one attached hydrogen (secondary N) is 1. The predicted molar refractivity (Wildman–Crippen MR) is 63.3 cm³/mol. The Morgan fingerprint density at radius 1 is 1.47 bits per heavy atom. The van der Waals surface area contributed by atoms with Gasteiger partial charge in [0.15, 0.2) is 0 Å². The molecule has 1 aromatic rings. The molecule has 0 aromatic carbocycles. The maximum Gasteiger partial charge on any atom is 0.0321 e. The second-order valence-corrected chi connectivity index (χ2v) is 3.49. The van der Waals surface area contributed by atoms with Crippen molar-refractivity contribution in [2.45, 2.75) is 32.2 Å². The monoisotopic (exact) mass is 202 g/mol. The molecule has 0 aliphatic rings. The van der Waals surface area contributed by atoms with E-state index >= 15 is 0 Å². The fraction of sp³-hybridized carbons (Fsp3) is 0.462. The van der Waals surface area contributed by atoms with Gasteiger partial charge in [0.2, 0.25) is 0 Å². The molecule has 0 aliphatic heterocycles. The maximum atomic E-state index is 5.25. The fourth-order valence-corrected chi connectivity index (χ4v) is 1.64. The van der Waals surface area contributed by atoms with Gasteiger partial charge in [0.05, 0.1) is 0 Å². The number of terminal acetylenes is 1. The van der Waals surface area contributed by atoms with Crippen LogP contribution in [-0.4, -0.2) is 11.5 Å². The first-order valence-corrected chi connectivity index (χ1v) is 5.45. The van der Waals surface area contributed by atoms with Crippen molar-refractivity contribution in [3.8, 4) is 12.3 Å². The van der Waals surface area contributed by atoms with E-state index in [1.807, 2.05) is 12.4 Å². The molecule has 0 bridgehead atoms. The smallest absolute Gasteiger partial charge is 0.0321 e. The number of pyridine rings is 1. The maximum absolute atomic E-state index is 5.25. The zero-order valence-electron chi connectivity index (χ0n) is 9.24. The van der Waals surface area contributed by atoms with Gasteiger partial charge in [-0.15, -0.1) is 12.3 Å². The highest BCUT2D eigenvalue weighted by molar-refractivity contribution is 5.14. The molecule has 0 spiro atoms. The van der Waals surface area contributed by atoms with Crippen LogP contribution in [0.2, 0.25) is 0 Å². The largest absolute Gasteiger partial charge is 0.310 e. The summed E-state index contributed by atoms with van der Waals surface area (Å²) in [7, 11) is 0. The van der Waals surface area contributed by atoms with Crippen LogP contribution in [0.3, 0.4) is 0 Å². The van der Waals surface area contributed by atoms with Gasteiger partial charge < -0.3 is 5.32 Å². The van der Waals surface area contributed by atoms with E-state index in [2.05, 4.69) is 35.3 Å². The number of unbranched alkanes of at least 4 members (excludes halogenated alkanes) is 1. The summed E-state index contributed by atoms with van der Waals surface area (Å²) in [6, 6.07) is 4.53. The van der Waals surface area contributed by atoms with Crippen LogP contribution in [0.5, 0.6) is 0 Å². The summed E-state index contributed by atoms with van der Waals surface area (Å²) in [5, 5.41) is 3.46. The molecule has 15 heavy (non-hydrogen) atoms. The molecule has 0 radical (unpaired) electrons. The fourth-order valence-electron chi connectivity index (χ4n) is 1.64. The molecule has 0 aliphatic carbocycles. The van der Waals surface area contributed by atoms with Crippen LogP contribution in [0.4, 0.5) is 0 Å². The van der Waals surface area contributed by atoms with Gasteiger partial charge in [-0.1, -0.05) is 6.92 Å². The lowest BCUT2D eigenvalue weighted by Gasteiger charge is -2.17. The molecule has 0 saturated carbocycles. The van der Waals surface area contributed by atoms with E-state index in [-0.39, 0.29) is 0 Å². The van der Waals surface area contributed by atoms with Crippen LogP contribution in [0, 0.1) is 12.3 Å². The topological polar surface area (TPSA) is 24.9 Å². The minimum atomic E-state index is 0.409. The van der Waals surface area contributed by atoms with E-state index in [1.165, 1.54) is 5.56 Å². The zero-order chi connectivity index (χ0) is 10.9. The standard InChI is InChI=1S/C13H18N2/c1-3-5-6-7-13(15-4-2)12-8-10-14-11-9-12/h1,8-11,13,15H,4-7H2,2H3. The van der Waals surface area contributed by atoms with Gasteiger partial charge in [-0.25, -0.2) is 0 Å². The van der Waals surface area contributed by atoms with E-state index in [0.717, 1.165) is 25.8 Å². The molecule has 1 rings (SSSR count). The molecule has 2 heteroatoms. The van der Waals surface area contributed by atoms with E-state index in [9.17, 15) is 0 Å². The Balaban J connectivity index is 2.54. The van der Waals surface area contributed by atoms with Gasteiger partial charge in [0.25, 0.3) is 0 Å². The number of aromatic nitrogens is 1. The van der Waals surface area contributed by atoms with E-state index in [1.54, 1.807) is 0 Å². The van der Waals surface area contributed by atoms with E-state index in [0.29, 0.717) is 6.04 Å². The van der Waals surface area contributed by atoms with Crippen molar-refractivity contribution in [1.29, 1.82) is 0 Å². The summed E-state index contributed by atoms with van der Waals surface area (Å²) in [6.45, 7) is 3.10. The van der Waals surface area contributed by atoms with Gasteiger partial charge in [-0.2, -0.15) is 0 Å². The van der Waals surface area contributed by atoms with Crippen LogP contribution >= 0.6 is 0 Å². The molecule has 1 N–H and O–H groups in total. The molecular weight excluding hydrogens is 184 g/mol. The van der Waals surface area contributed by atoms with Crippen molar-refractivity contribution in [1.82, 2.24) is 10.3 Å². The van der Waals surface area contributed by atoms with Crippen LogP contribution in [0.1, 0.15) is 37.8 Å².